The van der Waals surface area contributed by atoms with E-state index < -0.39 is 0 Å². The number of ether oxygens (including phenoxy) is 1. The standard InChI is InChI=1S/C13H24N2O2/c1-17-13(16)12(8-14)15-7-6-10-4-2-3-5-11(10)9-15/h10-12H,2-9,14H2,1H3. The van der Waals surface area contributed by atoms with Crippen molar-refractivity contribution >= 4 is 5.97 Å². The Balaban J connectivity index is 1.95. The summed E-state index contributed by atoms with van der Waals surface area (Å²) >= 11 is 0. The van der Waals surface area contributed by atoms with Gasteiger partial charge in [-0.25, -0.2) is 0 Å². The van der Waals surface area contributed by atoms with Gasteiger partial charge >= 0.3 is 5.97 Å². The number of likely N-dealkylation sites (tertiary alicyclic amines) is 1. The molecule has 4 heteroatoms. The van der Waals surface area contributed by atoms with Crippen LogP contribution in [0.2, 0.25) is 0 Å². The van der Waals surface area contributed by atoms with Crippen LogP contribution in [0.25, 0.3) is 0 Å². The van der Waals surface area contributed by atoms with Crippen LogP contribution in [0, 0.1) is 11.8 Å². The van der Waals surface area contributed by atoms with Crippen molar-refractivity contribution in [1.82, 2.24) is 4.90 Å². The number of carbonyl (C=O) groups excluding carboxylic acids is 1. The van der Waals surface area contributed by atoms with Gasteiger partial charge in [0.1, 0.15) is 6.04 Å². The Morgan fingerprint density at radius 2 is 2.06 bits per heavy atom. The lowest BCUT2D eigenvalue weighted by atomic mass is 9.75. The molecule has 2 aliphatic rings. The molecule has 4 nitrogen and oxygen atoms in total. The normalized spacial score (nSPS) is 31.6. The Bertz CT molecular complexity index is 270. The van der Waals surface area contributed by atoms with Crippen LogP contribution in [0.3, 0.4) is 0 Å². The fourth-order valence-electron chi connectivity index (χ4n) is 3.44. The molecule has 2 fully saturated rings. The van der Waals surface area contributed by atoms with E-state index in [4.69, 9.17) is 10.5 Å². The van der Waals surface area contributed by atoms with Crippen LogP contribution in [0.4, 0.5) is 0 Å². The lowest BCUT2D eigenvalue weighted by molar-refractivity contribution is -0.147. The average molecular weight is 240 g/mol. The van der Waals surface area contributed by atoms with Gasteiger partial charge in [0.05, 0.1) is 7.11 Å². The van der Waals surface area contributed by atoms with Crippen molar-refractivity contribution in [2.24, 2.45) is 17.6 Å². The molecule has 1 aliphatic heterocycles. The summed E-state index contributed by atoms with van der Waals surface area (Å²) < 4.78 is 4.83. The molecule has 0 aromatic rings. The van der Waals surface area contributed by atoms with Crippen molar-refractivity contribution in [3.05, 3.63) is 0 Å². The number of nitrogens with two attached hydrogens (primary N) is 1. The van der Waals surface area contributed by atoms with E-state index in [0.717, 1.165) is 24.9 Å². The molecule has 3 unspecified atom stereocenters. The van der Waals surface area contributed by atoms with Crippen molar-refractivity contribution in [3.63, 3.8) is 0 Å². The van der Waals surface area contributed by atoms with Crippen LogP contribution in [0.15, 0.2) is 0 Å². The molecule has 0 aromatic carbocycles. The predicted octanol–water partition coefficient (Wildman–Crippen LogP) is 0.999. The summed E-state index contributed by atoms with van der Waals surface area (Å²) in [5.41, 5.74) is 5.71. The molecule has 2 rings (SSSR count). The van der Waals surface area contributed by atoms with Gasteiger partial charge in [-0.1, -0.05) is 19.3 Å². The monoisotopic (exact) mass is 240 g/mol. The molecule has 1 saturated carbocycles. The van der Waals surface area contributed by atoms with E-state index in [1.54, 1.807) is 0 Å². The SMILES string of the molecule is COC(=O)C(CN)N1CCC2CCCCC2C1. The summed E-state index contributed by atoms with van der Waals surface area (Å²) in [6.07, 6.45) is 6.65. The lowest BCUT2D eigenvalue weighted by Gasteiger charge is -2.43. The van der Waals surface area contributed by atoms with Gasteiger partial charge in [0, 0.05) is 13.1 Å². The number of piperidine rings is 1. The van der Waals surface area contributed by atoms with Crippen LogP contribution in [0.5, 0.6) is 0 Å². The number of hydrogen-bond donors (Lipinski definition) is 1. The van der Waals surface area contributed by atoms with Gasteiger partial charge in [-0.3, -0.25) is 9.69 Å². The minimum absolute atomic E-state index is 0.179. The van der Waals surface area contributed by atoms with Gasteiger partial charge in [0.2, 0.25) is 0 Å². The number of carbonyl (C=O) groups is 1. The zero-order chi connectivity index (χ0) is 12.3. The summed E-state index contributed by atoms with van der Waals surface area (Å²) in [5.74, 6) is 1.48. The van der Waals surface area contributed by atoms with Gasteiger partial charge < -0.3 is 10.5 Å². The molecule has 1 aliphatic carbocycles. The maximum absolute atomic E-state index is 11.7. The minimum atomic E-state index is -0.233. The third-order valence-corrected chi connectivity index (χ3v) is 4.46. The van der Waals surface area contributed by atoms with Crippen molar-refractivity contribution in [2.45, 2.75) is 38.1 Å². The van der Waals surface area contributed by atoms with E-state index in [1.165, 1.54) is 39.2 Å². The molecule has 2 N–H and O–H groups in total. The predicted molar refractivity (Wildman–Crippen MR) is 66.5 cm³/mol. The average Bonchev–Trinajstić information content (AvgIpc) is 2.39. The topological polar surface area (TPSA) is 55.6 Å². The highest BCUT2D eigenvalue weighted by Gasteiger charge is 2.35. The summed E-state index contributed by atoms with van der Waals surface area (Å²) in [5, 5.41) is 0. The van der Waals surface area contributed by atoms with Crippen molar-refractivity contribution in [2.75, 3.05) is 26.7 Å². The van der Waals surface area contributed by atoms with E-state index in [2.05, 4.69) is 4.90 Å². The van der Waals surface area contributed by atoms with Gasteiger partial charge in [-0.2, -0.15) is 0 Å². The van der Waals surface area contributed by atoms with Crippen molar-refractivity contribution in [3.8, 4) is 0 Å². The third kappa shape index (κ3) is 2.80. The van der Waals surface area contributed by atoms with E-state index in [-0.39, 0.29) is 12.0 Å². The van der Waals surface area contributed by atoms with Gasteiger partial charge in [-0.05, 0) is 31.2 Å². The third-order valence-electron chi connectivity index (χ3n) is 4.46. The largest absolute Gasteiger partial charge is 0.468 e. The molecule has 3 atom stereocenters. The zero-order valence-electron chi connectivity index (χ0n) is 10.7. The van der Waals surface area contributed by atoms with Crippen LogP contribution < -0.4 is 5.73 Å². The Morgan fingerprint density at radius 1 is 1.35 bits per heavy atom. The second-order valence-electron chi connectivity index (χ2n) is 5.36. The summed E-state index contributed by atoms with van der Waals surface area (Å²) in [6.45, 7) is 2.39. The van der Waals surface area contributed by atoms with Gasteiger partial charge in [0.25, 0.3) is 0 Å². The molecule has 17 heavy (non-hydrogen) atoms. The molecule has 0 radical (unpaired) electrons. The van der Waals surface area contributed by atoms with Gasteiger partial charge in [-0.15, -0.1) is 0 Å². The van der Waals surface area contributed by atoms with E-state index in [1.807, 2.05) is 0 Å². The number of fused-ring (bicyclic) bond motifs is 1. The van der Waals surface area contributed by atoms with E-state index in [9.17, 15) is 4.79 Å². The molecule has 98 valence electrons. The molecule has 0 aromatic heterocycles. The first-order chi connectivity index (χ1) is 8.26. The molecule has 0 bridgehead atoms. The molecular formula is C13H24N2O2. The summed E-state index contributed by atoms with van der Waals surface area (Å²) in [4.78, 5) is 13.9. The highest BCUT2D eigenvalue weighted by Crippen LogP contribution is 2.36. The number of methoxy groups -OCH3 is 1. The molecule has 0 spiro atoms. The number of esters is 1. The lowest BCUT2D eigenvalue weighted by Crippen LogP contribution is -2.53. The van der Waals surface area contributed by atoms with E-state index >= 15 is 0 Å². The highest BCUT2D eigenvalue weighted by molar-refractivity contribution is 5.75. The molecule has 0 amide bonds. The first kappa shape index (κ1) is 12.8. The fourth-order valence-corrected chi connectivity index (χ4v) is 3.44. The quantitative estimate of drug-likeness (QED) is 0.748. The summed E-state index contributed by atoms with van der Waals surface area (Å²) in [7, 11) is 1.44. The first-order valence-electron chi connectivity index (χ1n) is 6.78. The van der Waals surface area contributed by atoms with Crippen LogP contribution in [0.1, 0.15) is 32.1 Å². The molecule has 1 heterocycles. The fraction of sp³-hybridized carbons (Fsp3) is 0.923. The number of rotatable bonds is 3. The van der Waals surface area contributed by atoms with Crippen LogP contribution in [-0.2, 0) is 9.53 Å². The van der Waals surface area contributed by atoms with Gasteiger partial charge in [0.15, 0.2) is 0 Å². The van der Waals surface area contributed by atoms with Crippen LogP contribution >= 0.6 is 0 Å². The molecular weight excluding hydrogens is 216 g/mol. The minimum Gasteiger partial charge on any atom is -0.468 e. The summed E-state index contributed by atoms with van der Waals surface area (Å²) in [6, 6.07) is -0.233. The second kappa shape index (κ2) is 5.83. The van der Waals surface area contributed by atoms with Crippen molar-refractivity contribution in [1.29, 1.82) is 0 Å². The van der Waals surface area contributed by atoms with Crippen molar-refractivity contribution < 1.29 is 9.53 Å². The maximum atomic E-state index is 11.7. The number of hydrogen-bond acceptors (Lipinski definition) is 4. The molecule has 1 saturated heterocycles. The Hall–Kier alpha value is -0.610. The van der Waals surface area contributed by atoms with Crippen LogP contribution in [-0.4, -0.2) is 43.7 Å². The Labute approximate surface area is 103 Å². The van der Waals surface area contributed by atoms with E-state index in [0.29, 0.717) is 6.54 Å². The highest BCUT2D eigenvalue weighted by atomic mass is 16.5. The zero-order valence-corrected chi connectivity index (χ0v) is 10.7. The Kier molecular flexibility index (Phi) is 4.40. The first-order valence-corrected chi connectivity index (χ1v) is 6.78. The Morgan fingerprint density at radius 3 is 2.71 bits per heavy atom. The number of nitrogens with zero attached hydrogens (tertiary/aromatic N) is 1. The maximum Gasteiger partial charge on any atom is 0.324 e. The smallest absolute Gasteiger partial charge is 0.324 e. The second-order valence-corrected chi connectivity index (χ2v) is 5.36.